The Morgan fingerprint density at radius 1 is 1.30 bits per heavy atom. The number of ether oxygens (including phenoxy) is 2. The maximum absolute atomic E-state index is 5.74. The summed E-state index contributed by atoms with van der Waals surface area (Å²) in [4.78, 5) is 3.78. The largest absolute Gasteiger partial charge is 0.493 e. The van der Waals surface area contributed by atoms with Crippen molar-refractivity contribution in [1.29, 1.82) is 0 Å². The summed E-state index contributed by atoms with van der Waals surface area (Å²) < 4.78 is 11.0. The van der Waals surface area contributed by atoms with Crippen LogP contribution >= 0.6 is 22.9 Å². The number of hydrogen-bond acceptors (Lipinski definition) is 4. The molecule has 122 valence electrons. The minimum atomic E-state index is 0.228. The lowest BCUT2D eigenvalue weighted by Gasteiger charge is -2.36. The Balaban J connectivity index is 2.08. The molecule has 1 aromatic carbocycles. The Morgan fingerprint density at radius 2 is 2.09 bits per heavy atom. The maximum Gasteiger partial charge on any atom is 0.161 e. The summed E-state index contributed by atoms with van der Waals surface area (Å²) in [6.07, 6.45) is 2.99. The second-order valence-corrected chi connectivity index (χ2v) is 6.66. The van der Waals surface area contributed by atoms with Crippen LogP contribution in [0.3, 0.4) is 0 Å². The highest BCUT2D eigenvalue weighted by molar-refractivity contribution is 7.10. The number of thiophene rings is 1. The van der Waals surface area contributed by atoms with Gasteiger partial charge in [0.2, 0.25) is 0 Å². The van der Waals surface area contributed by atoms with Crippen LogP contribution in [0, 0.1) is 0 Å². The first-order valence-electron chi connectivity index (χ1n) is 7.56. The van der Waals surface area contributed by atoms with Crippen LogP contribution in [0.1, 0.15) is 22.0 Å². The Hall–Kier alpha value is -1.49. The zero-order chi connectivity index (χ0) is 16.2. The third-order valence-electron chi connectivity index (χ3n) is 4.22. The molecule has 0 N–H and O–H groups in total. The summed E-state index contributed by atoms with van der Waals surface area (Å²) in [5.74, 6) is 1.58. The molecule has 1 aromatic heterocycles. The molecule has 0 aliphatic carbocycles. The summed E-state index contributed by atoms with van der Waals surface area (Å²) >= 11 is 7.52. The van der Waals surface area contributed by atoms with E-state index in [4.69, 9.17) is 21.1 Å². The molecule has 1 atom stereocenters. The molecule has 0 radical (unpaired) electrons. The second-order valence-electron chi connectivity index (χ2n) is 5.43. The fraction of sp³-hybridized carbons (Fsp3) is 0.333. The fourth-order valence-corrected chi connectivity index (χ4v) is 4.11. The van der Waals surface area contributed by atoms with Gasteiger partial charge in [0, 0.05) is 23.5 Å². The van der Waals surface area contributed by atoms with Crippen LogP contribution in [0.25, 0.3) is 0 Å². The highest BCUT2D eigenvalue weighted by atomic mass is 35.5. The standard InChI is InChI=1S/C18H20ClNO2S/c1-21-15-11-13-6-9-20(8-4-7-19)18(17-5-3-10-23-17)14(13)12-16(15)22-2/h3-5,7,10-12,18H,6,8-9H2,1-2H3/b7-4+. The van der Waals surface area contributed by atoms with Crippen molar-refractivity contribution in [2.45, 2.75) is 12.5 Å². The highest BCUT2D eigenvalue weighted by Gasteiger charge is 2.30. The van der Waals surface area contributed by atoms with Crippen molar-refractivity contribution in [3.8, 4) is 11.5 Å². The minimum absolute atomic E-state index is 0.228. The lowest BCUT2D eigenvalue weighted by Crippen LogP contribution is -2.35. The Bertz CT molecular complexity index is 685. The van der Waals surface area contributed by atoms with Crippen LogP contribution in [-0.4, -0.2) is 32.2 Å². The van der Waals surface area contributed by atoms with Crippen molar-refractivity contribution in [3.05, 3.63) is 57.3 Å². The lowest BCUT2D eigenvalue weighted by molar-refractivity contribution is 0.238. The van der Waals surface area contributed by atoms with E-state index < -0.39 is 0 Å². The van der Waals surface area contributed by atoms with Crippen LogP contribution in [0.5, 0.6) is 11.5 Å². The summed E-state index contributed by atoms with van der Waals surface area (Å²) in [6.45, 7) is 1.83. The number of fused-ring (bicyclic) bond motifs is 1. The van der Waals surface area contributed by atoms with Gasteiger partial charge in [-0.3, -0.25) is 4.90 Å². The number of methoxy groups -OCH3 is 2. The van der Waals surface area contributed by atoms with Gasteiger partial charge >= 0.3 is 0 Å². The predicted molar refractivity (Wildman–Crippen MR) is 96.0 cm³/mol. The molecule has 0 saturated heterocycles. The number of rotatable bonds is 5. The average molecular weight is 350 g/mol. The summed E-state index contributed by atoms with van der Waals surface area (Å²) in [7, 11) is 3.36. The molecule has 5 heteroatoms. The summed E-state index contributed by atoms with van der Waals surface area (Å²) in [5.41, 5.74) is 4.21. The van der Waals surface area contributed by atoms with E-state index in [-0.39, 0.29) is 6.04 Å². The second kappa shape index (κ2) is 7.39. The van der Waals surface area contributed by atoms with Crippen molar-refractivity contribution in [3.63, 3.8) is 0 Å². The molecule has 2 aromatic rings. The number of hydrogen-bond donors (Lipinski definition) is 0. The minimum Gasteiger partial charge on any atom is -0.493 e. The van der Waals surface area contributed by atoms with Gasteiger partial charge in [0.05, 0.1) is 20.3 Å². The van der Waals surface area contributed by atoms with Gasteiger partial charge in [0.25, 0.3) is 0 Å². The monoisotopic (exact) mass is 349 g/mol. The van der Waals surface area contributed by atoms with Crippen LogP contribution in [-0.2, 0) is 6.42 Å². The van der Waals surface area contributed by atoms with Gasteiger partial charge in [-0.15, -0.1) is 11.3 Å². The van der Waals surface area contributed by atoms with Crippen LogP contribution in [0.4, 0.5) is 0 Å². The van der Waals surface area contributed by atoms with Crippen molar-refractivity contribution < 1.29 is 9.47 Å². The van der Waals surface area contributed by atoms with E-state index in [0.29, 0.717) is 0 Å². The van der Waals surface area contributed by atoms with Crippen LogP contribution < -0.4 is 9.47 Å². The van der Waals surface area contributed by atoms with Gasteiger partial charge in [0.1, 0.15) is 0 Å². The fourth-order valence-electron chi connectivity index (χ4n) is 3.15. The first-order chi connectivity index (χ1) is 11.3. The molecule has 2 heterocycles. The van der Waals surface area contributed by atoms with E-state index in [0.717, 1.165) is 31.0 Å². The molecule has 0 spiro atoms. The van der Waals surface area contributed by atoms with Crippen molar-refractivity contribution in [2.24, 2.45) is 0 Å². The van der Waals surface area contributed by atoms with E-state index in [9.17, 15) is 0 Å². The zero-order valence-electron chi connectivity index (χ0n) is 13.3. The smallest absolute Gasteiger partial charge is 0.161 e. The van der Waals surface area contributed by atoms with Gasteiger partial charge in [-0.05, 0) is 41.1 Å². The number of benzene rings is 1. The van der Waals surface area contributed by atoms with Crippen LogP contribution in [0.2, 0.25) is 0 Å². The zero-order valence-corrected chi connectivity index (χ0v) is 14.9. The van der Waals surface area contributed by atoms with Crippen molar-refractivity contribution >= 4 is 22.9 Å². The SMILES string of the molecule is COc1cc2c(cc1OC)C(c1cccs1)N(C/C=C/Cl)CC2. The molecular weight excluding hydrogens is 330 g/mol. The number of halogens is 1. The van der Waals surface area contributed by atoms with Crippen molar-refractivity contribution in [1.82, 2.24) is 4.90 Å². The van der Waals surface area contributed by atoms with Gasteiger partial charge in [-0.25, -0.2) is 0 Å². The van der Waals surface area contributed by atoms with E-state index in [2.05, 4.69) is 34.5 Å². The molecule has 3 nitrogen and oxygen atoms in total. The molecule has 0 bridgehead atoms. The quantitative estimate of drug-likeness (QED) is 0.795. The molecule has 1 aliphatic rings. The summed E-state index contributed by atoms with van der Waals surface area (Å²) in [6, 6.07) is 8.76. The van der Waals surface area contributed by atoms with E-state index in [1.165, 1.54) is 16.0 Å². The highest BCUT2D eigenvalue weighted by Crippen LogP contribution is 2.42. The third-order valence-corrected chi connectivity index (χ3v) is 5.32. The predicted octanol–water partition coefficient (Wildman–Crippen LogP) is 4.47. The molecule has 1 aliphatic heterocycles. The van der Waals surface area contributed by atoms with Crippen LogP contribution in [0.15, 0.2) is 41.3 Å². The topological polar surface area (TPSA) is 21.7 Å². The molecule has 0 amide bonds. The lowest BCUT2D eigenvalue weighted by atomic mass is 9.91. The molecular formula is C18H20ClNO2S. The van der Waals surface area contributed by atoms with Gasteiger partial charge < -0.3 is 9.47 Å². The van der Waals surface area contributed by atoms with Crippen molar-refractivity contribution in [2.75, 3.05) is 27.3 Å². The summed E-state index contributed by atoms with van der Waals surface area (Å²) in [5, 5.41) is 2.12. The molecule has 0 saturated carbocycles. The Morgan fingerprint density at radius 3 is 2.74 bits per heavy atom. The molecule has 23 heavy (non-hydrogen) atoms. The van der Waals surface area contributed by atoms with Gasteiger partial charge in [-0.2, -0.15) is 0 Å². The van der Waals surface area contributed by atoms with Gasteiger partial charge in [-0.1, -0.05) is 23.7 Å². The van der Waals surface area contributed by atoms with Gasteiger partial charge in [0.15, 0.2) is 11.5 Å². The Labute approximate surface area is 146 Å². The first kappa shape index (κ1) is 16.4. The Kier molecular flexibility index (Phi) is 5.26. The first-order valence-corrected chi connectivity index (χ1v) is 8.87. The molecule has 0 fully saturated rings. The van der Waals surface area contributed by atoms with E-state index in [1.807, 2.05) is 6.08 Å². The maximum atomic E-state index is 5.74. The van der Waals surface area contributed by atoms with E-state index in [1.54, 1.807) is 31.1 Å². The molecule has 1 unspecified atom stereocenters. The average Bonchev–Trinajstić information content (AvgIpc) is 3.12. The van der Waals surface area contributed by atoms with E-state index >= 15 is 0 Å². The number of nitrogens with zero attached hydrogens (tertiary/aromatic N) is 1. The normalized spacial score (nSPS) is 18.1. The molecule has 3 rings (SSSR count). The third kappa shape index (κ3) is 3.25.